The number of nitrogens with one attached hydrogen (secondary N) is 2. The normalized spacial score (nSPS) is 10.3. The third kappa shape index (κ3) is 5.45. The van der Waals surface area contributed by atoms with Gasteiger partial charge in [-0.25, -0.2) is 9.78 Å². The molecular weight excluding hydrogens is 322 g/mol. The van der Waals surface area contributed by atoms with Gasteiger partial charge >= 0.3 is 6.03 Å². The summed E-state index contributed by atoms with van der Waals surface area (Å²) >= 11 is 1.73. The molecule has 5 nitrogen and oxygen atoms in total. The summed E-state index contributed by atoms with van der Waals surface area (Å²) < 4.78 is 5.16. The van der Waals surface area contributed by atoms with Crippen LogP contribution in [0.5, 0.6) is 5.88 Å². The molecule has 2 rings (SSSR count). The molecule has 128 valence electrons. The Balaban J connectivity index is 1.69. The van der Waals surface area contributed by atoms with Gasteiger partial charge in [-0.1, -0.05) is 12.1 Å². The van der Waals surface area contributed by atoms with Crippen molar-refractivity contribution in [1.82, 2.24) is 15.6 Å². The summed E-state index contributed by atoms with van der Waals surface area (Å²) in [6, 6.07) is 9.91. The molecule has 0 bridgehead atoms. The van der Waals surface area contributed by atoms with E-state index in [0.29, 0.717) is 19.0 Å². The lowest BCUT2D eigenvalue weighted by atomic mass is 10.1. The van der Waals surface area contributed by atoms with Crippen molar-refractivity contribution in [1.29, 1.82) is 0 Å². The minimum atomic E-state index is -0.193. The Hall–Kier alpha value is -2.21. The van der Waals surface area contributed by atoms with Crippen molar-refractivity contribution in [3.63, 3.8) is 0 Å². The second-order valence-corrected chi connectivity index (χ2v) is 6.54. The Morgan fingerprint density at radius 2 is 2.04 bits per heavy atom. The van der Waals surface area contributed by atoms with Gasteiger partial charge in [0.2, 0.25) is 5.88 Å². The molecule has 0 aliphatic heterocycles. The van der Waals surface area contributed by atoms with Gasteiger partial charge in [0.1, 0.15) is 0 Å². The molecular formula is C18H23N3O2S. The number of carbonyl (C=O) groups excluding carboxylic acids is 1. The van der Waals surface area contributed by atoms with Crippen molar-refractivity contribution in [2.24, 2.45) is 0 Å². The summed E-state index contributed by atoms with van der Waals surface area (Å²) in [5.41, 5.74) is 3.43. The first kappa shape index (κ1) is 18.1. The van der Waals surface area contributed by atoms with Gasteiger partial charge in [0.15, 0.2) is 0 Å². The van der Waals surface area contributed by atoms with Crippen LogP contribution in [0.4, 0.5) is 4.79 Å². The van der Waals surface area contributed by atoms with Crippen LogP contribution >= 0.6 is 11.8 Å². The van der Waals surface area contributed by atoms with Gasteiger partial charge in [0, 0.05) is 35.5 Å². The van der Waals surface area contributed by atoms with E-state index in [4.69, 9.17) is 4.74 Å². The van der Waals surface area contributed by atoms with Crippen LogP contribution in [0, 0.1) is 13.8 Å². The van der Waals surface area contributed by atoms with Crippen LogP contribution in [0.2, 0.25) is 0 Å². The van der Waals surface area contributed by atoms with E-state index in [-0.39, 0.29) is 6.03 Å². The number of rotatable bonds is 7. The Labute approximate surface area is 147 Å². The number of thioether (sulfide) groups is 1. The lowest BCUT2D eigenvalue weighted by Crippen LogP contribution is -2.36. The number of methoxy groups -OCH3 is 1. The smallest absolute Gasteiger partial charge is 0.315 e. The molecule has 2 amide bonds. The Bertz CT molecular complexity index is 692. The Morgan fingerprint density at radius 3 is 2.79 bits per heavy atom. The number of pyridine rings is 1. The van der Waals surface area contributed by atoms with Crippen molar-refractivity contribution >= 4 is 17.8 Å². The highest BCUT2D eigenvalue weighted by atomic mass is 32.2. The lowest BCUT2D eigenvalue weighted by molar-refractivity contribution is 0.241. The maximum Gasteiger partial charge on any atom is 0.315 e. The highest BCUT2D eigenvalue weighted by molar-refractivity contribution is 7.99. The van der Waals surface area contributed by atoms with Gasteiger partial charge in [-0.05, 0) is 43.2 Å². The third-order valence-electron chi connectivity index (χ3n) is 3.62. The van der Waals surface area contributed by atoms with Crippen molar-refractivity contribution in [3.05, 3.63) is 53.2 Å². The lowest BCUT2D eigenvalue weighted by Gasteiger charge is -2.10. The summed E-state index contributed by atoms with van der Waals surface area (Å²) in [6.07, 6.45) is 1.66. The van der Waals surface area contributed by atoms with Gasteiger partial charge in [0.25, 0.3) is 0 Å². The van der Waals surface area contributed by atoms with Crippen molar-refractivity contribution < 1.29 is 9.53 Å². The molecule has 1 heterocycles. The SMILES string of the molecule is COc1ncccc1CNC(=O)NCCSc1ccc(C)c(C)c1. The fourth-order valence-electron chi connectivity index (χ4n) is 2.12. The van der Waals surface area contributed by atoms with Crippen LogP contribution < -0.4 is 15.4 Å². The summed E-state index contributed by atoms with van der Waals surface area (Å²) in [5, 5.41) is 5.66. The largest absolute Gasteiger partial charge is 0.481 e. The number of ether oxygens (including phenoxy) is 1. The van der Waals surface area contributed by atoms with Gasteiger partial charge in [0.05, 0.1) is 7.11 Å². The van der Waals surface area contributed by atoms with Crippen molar-refractivity contribution in [3.8, 4) is 5.88 Å². The molecule has 0 saturated heterocycles. The molecule has 1 aromatic carbocycles. The highest BCUT2D eigenvalue weighted by Crippen LogP contribution is 2.20. The van der Waals surface area contributed by atoms with Crippen LogP contribution in [0.25, 0.3) is 0 Å². The van der Waals surface area contributed by atoms with E-state index in [1.54, 1.807) is 25.1 Å². The van der Waals surface area contributed by atoms with E-state index < -0.39 is 0 Å². The molecule has 0 atom stereocenters. The number of amides is 2. The zero-order valence-corrected chi connectivity index (χ0v) is 15.1. The number of urea groups is 1. The van der Waals surface area contributed by atoms with E-state index >= 15 is 0 Å². The Morgan fingerprint density at radius 1 is 1.21 bits per heavy atom. The van der Waals surface area contributed by atoms with Gasteiger partial charge in [-0.2, -0.15) is 0 Å². The van der Waals surface area contributed by atoms with Crippen LogP contribution in [-0.2, 0) is 6.54 Å². The first-order valence-corrected chi connectivity index (χ1v) is 8.78. The molecule has 0 radical (unpaired) electrons. The second-order valence-electron chi connectivity index (χ2n) is 5.38. The minimum absolute atomic E-state index is 0.193. The van der Waals surface area contributed by atoms with E-state index in [2.05, 4.69) is 47.7 Å². The Kier molecular flexibility index (Phi) is 6.93. The molecule has 0 fully saturated rings. The monoisotopic (exact) mass is 345 g/mol. The quantitative estimate of drug-likeness (QED) is 0.597. The molecule has 0 aliphatic carbocycles. The number of aromatic nitrogens is 1. The zero-order chi connectivity index (χ0) is 17.4. The van der Waals surface area contributed by atoms with E-state index in [1.165, 1.54) is 16.0 Å². The van der Waals surface area contributed by atoms with Crippen LogP contribution in [0.3, 0.4) is 0 Å². The molecule has 6 heteroatoms. The number of hydrogen-bond donors (Lipinski definition) is 2. The summed E-state index contributed by atoms with van der Waals surface area (Å²) in [6.45, 7) is 5.20. The van der Waals surface area contributed by atoms with E-state index in [9.17, 15) is 4.79 Å². The number of nitrogens with zero attached hydrogens (tertiary/aromatic N) is 1. The van der Waals surface area contributed by atoms with Crippen molar-refractivity contribution in [2.75, 3.05) is 19.4 Å². The van der Waals surface area contributed by atoms with Gasteiger partial charge in [-0.3, -0.25) is 0 Å². The third-order valence-corrected chi connectivity index (χ3v) is 4.61. The molecule has 0 saturated carbocycles. The van der Waals surface area contributed by atoms with Crippen LogP contribution in [-0.4, -0.2) is 30.4 Å². The number of hydrogen-bond acceptors (Lipinski definition) is 4. The molecule has 0 aliphatic rings. The van der Waals surface area contributed by atoms with E-state index in [1.807, 2.05) is 12.1 Å². The molecule has 0 unspecified atom stereocenters. The summed E-state index contributed by atoms with van der Waals surface area (Å²) in [5.74, 6) is 1.36. The maximum atomic E-state index is 11.8. The maximum absolute atomic E-state index is 11.8. The number of carbonyl (C=O) groups is 1. The average Bonchev–Trinajstić information content (AvgIpc) is 2.60. The fourth-order valence-corrected chi connectivity index (χ4v) is 2.98. The topological polar surface area (TPSA) is 63.2 Å². The van der Waals surface area contributed by atoms with Gasteiger partial charge < -0.3 is 15.4 Å². The number of benzene rings is 1. The van der Waals surface area contributed by atoms with E-state index in [0.717, 1.165) is 11.3 Å². The fraction of sp³-hybridized carbons (Fsp3) is 0.333. The molecule has 0 spiro atoms. The predicted octanol–water partition coefficient (Wildman–Crippen LogP) is 3.30. The van der Waals surface area contributed by atoms with Crippen molar-refractivity contribution in [2.45, 2.75) is 25.3 Å². The van der Waals surface area contributed by atoms with Crippen LogP contribution in [0.1, 0.15) is 16.7 Å². The standard InChI is InChI=1S/C18H23N3O2S/c1-13-6-7-16(11-14(13)2)24-10-9-20-18(22)21-12-15-5-4-8-19-17(15)23-3/h4-8,11H,9-10,12H2,1-3H3,(H2,20,21,22). The average molecular weight is 345 g/mol. The molecule has 1 aromatic heterocycles. The molecule has 2 N–H and O–H groups in total. The predicted molar refractivity (Wildman–Crippen MR) is 97.7 cm³/mol. The first-order valence-electron chi connectivity index (χ1n) is 7.80. The molecule has 24 heavy (non-hydrogen) atoms. The first-order chi connectivity index (χ1) is 11.6. The summed E-state index contributed by atoms with van der Waals surface area (Å²) in [7, 11) is 1.57. The number of aryl methyl sites for hydroxylation is 2. The zero-order valence-electron chi connectivity index (χ0n) is 14.3. The molecule has 2 aromatic rings. The van der Waals surface area contributed by atoms with Gasteiger partial charge in [-0.15, -0.1) is 11.8 Å². The summed E-state index contributed by atoms with van der Waals surface area (Å²) in [4.78, 5) is 17.2. The highest BCUT2D eigenvalue weighted by Gasteiger charge is 2.05. The van der Waals surface area contributed by atoms with Crippen LogP contribution in [0.15, 0.2) is 41.4 Å². The minimum Gasteiger partial charge on any atom is -0.481 e. The second kappa shape index (κ2) is 9.17.